The molecule has 0 fully saturated rings. The number of hydrogen-bond acceptors (Lipinski definition) is 4. The van der Waals surface area contributed by atoms with Gasteiger partial charge in [0.25, 0.3) is 0 Å². The van der Waals surface area contributed by atoms with E-state index in [1.54, 1.807) is 0 Å². The summed E-state index contributed by atoms with van der Waals surface area (Å²) in [4.78, 5) is 15.5. The molecular formula is C49H29N3O. The smallest absolute Gasteiger partial charge is 0.164 e. The van der Waals surface area contributed by atoms with Crippen molar-refractivity contribution in [3.05, 3.63) is 176 Å². The molecule has 2 aromatic heterocycles. The van der Waals surface area contributed by atoms with E-state index in [4.69, 9.17) is 19.4 Å². The lowest BCUT2D eigenvalue weighted by Crippen LogP contribution is -2.00. The van der Waals surface area contributed by atoms with Gasteiger partial charge in [-0.15, -0.1) is 0 Å². The highest BCUT2D eigenvalue weighted by molar-refractivity contribution is 6.22. The molecule has 53 heavy (non-hydrogen) atoms. The predicted molar refractivity (Wildman–Crippen MR) is 219 cm³/mol. The van der Waals surface area contributed by atoms with Crippen LogP contribution in [0, 0.1) is 0 Å². The fourth-order valence-corrected chi connectivity index (χ4v) is 7.95. The number of aromatic nitrogens is 3. The summed E-state index contributed by atoms with van der Waals surface area (Å²) in [5, 5.41) is 11.8. The fourth-order valence-electron chi connectivity index (χ4n) is 7.95. The molecule has 0 bridgehead atoms. The van der Waals surface area contributed by atoms with Gasteiger partial charge in [0.15, 0.2) is 17.5 Å². The molecule has 0 N–H and O–H groups in total. The van der Waals surface area contributed by atoms with E-state index in [9.17, 15) is 0 Å². The number of para-hydroxylation sites is 1. The Hall–Kier alpha value is -7.17. The SMILES string of the molecule is c1ccc2c(-c3ccc(-c4nc(-c5ccc6c(c5)oc5ccccc56)nc(-c5cccc6c5ccc5ccc7ccccc7c56)n4)cc3)cccc2c1. The van der Waals surface area contributed by atoms with Crippen molar-refractivity contribution >= 4 is 65.0 Å². The second kappa shape index (κ2) is 11.7. The Morgan fingerprint density at radius 3 is 1.72 bits per heavy atom. The third-order valence-electron chi connectivity index (χ3n) is 10.5. The molecule has 0 amide bonds. The molecule has 4 nitrogen and oxygen atoms in total. The first-order valence-electron chi connectivity index (χ1n) is 17.9. The zero-order valence-electron chi connectivity index (χ0n) is 28.5. The first-order valence-corrected chi connectivity index (χ1v) is 17.9. The lowest BCUT2D eigenvalue weighted by Gasteiger charge is -2.13. The average Bonchev–Trinajstić information content (AvgIpc) is 3.61. The molecule has 0 aliphatic carbocycles. The van der Waals surface area contributed by atoms with Gasteiger partial charge in [-0.25, -0.2) is 15.0 Å². The van der Waals surface area contributed by atoms with Crippen molar-refractivity contribution in [3.8, 4) is 45.3 Å². The molecule has 2 heterocycles. The Morgan fingerprint density at radius 1 is 0.302 bits per heavy atom. The molecule has 246 valence electrons. The van der Waals surface area contributed by atoms with Gasteiger partial charge in [-0.3, -0.25) is 0 Å². The monoisotopic (exact) mass is 675 g/mol. The first-order chi connectivity index (χ1) is 26.2. The molecular weight excluding hydrogens is 647 g/mol. The number of hydrogen-bond donors (Lipinski definition) is 0. The van der Waals surface area contributed by atoms with Crippen LogP contribution in [0.4, 0.5) is 0 Å². The highest BCUT2D eigenvalue weighted by Gasteiger charge is 2.17. The molecule has 11 rings (SSSR count). The summed E-state index contributed by atoms with van der Waals surface area (Å²) in [6.07, 6.45) is 0. The van der Waals surface area contributed by atoms with Gasteiger partial charge in [0.05, 0.1) is 0 Å². The first kappa shape index (κ1) is 29.5. The van der Waals surface area contributed by atoms with Crippen molar-refractivity contribution in [1.29, 1.82) is 0 Å². The van der Waals surface area contributed by atoms with Gasteiger partial charge >= 0.3 is 0 Å². The van der Waals surface area contributed by atoms with Gasteiger partial charge in [0.1, 0.15) is 11.2 Å². The van der Waals surface area contributed by atoms with Crippen LogP contribution in [0.3, 0.4) is 0 Å². The third-order valence-corrected chi connectivity index (χ3v) is 10.5. The van der Waals surface area contributed by atoms with Crippen molar-refractivity contribution in [1.82, 2.24) is 15.0 Å². The minimum Gasteiger partial charge on any atom is -0.456 e. The Morgan fingerprint density at radius 2 is 0.849 bits per heavy atom. The van der Waals surface area contributed by atoms with Crippen LogP contribution in [0.25, 0.3) is 110 Å². The van der Waals surface area contributed by atoms with Crippen LogP contribution < -0.4 is 0 Å². The van der Waals surface area contributed by atoms with E-state index in [1.807, 2.05) is 24.3 Å². The van der Waals surface area contributed by atoms with Crippen LogP contribution in [0.1, 0.15) is 0 Å². The predicted octanol–water partition coefficient (Wildman–Crippen LogP) is 13.1. The van der Waals surface area contributed by atoms with E-state index in [2.05, 4.69) is 152 Å². The maximum atomic E-state index is 6.29. The van der Waals surface area contributed by atoms with Crippen molar-refractivity contribution in [2.75, 3.05) is 0 Å². The van der Waals surface area contributed by atoms with Gasteiger partial charge in [0, 0.05) is 27.5 Å². The maximum Gasteiger partial charge on any atom is 0.164 e. The van der Waals surface area contributed by atoms with Gasteiger partial charge in [0.2, 0.25) is 0 Å². The van der Waals surface area contributed by atoms with E-state index in [-0.39, 0.29) is 0 Å². The highest BCUT2D eigenvalue weighted by atomic mass is 16.3. The van der Waals surface area contributed by atoms with Gasteiger partial charge in [-0.1, -0.05) is 158 Å². The van der Waals surface area contributed by atoms with Crippen molar-refractivity contribution in [3.63, 3.8) is 0 Å². The lowest BCUT2D eigenvalue weighted by atomic mass is 9.94. The van der Waals surface area contributed by atoms with Crippen LogP contribution in [0.15, 0.2) is 180 Å². The van der Waals surface area contributed by atoms with E-state index < -0.39 is 0 Å². The van der Waals surface area contributed by atoms with Gasteiger partial charge in [-0.05, 0) is 72.4 Å². The summed E-state index contributed by atoms with van der Waals surface area (Å²) in [6.45, 7) is 0. The van der Waals surface area contributed by atoms with E-state index in [1.165, 1.54) is 43.3 Å². The summed E-state index contributed by atoms with van der Waals surface area (Å²) in [6, 6.07) is 61.7. The van der Waals surface area contributed by atoms with E-state index in [0.717, 1.165) is 49.6 Å². The number of benzene rings is 9. The van der Waals surface area contributed by atoms with Crippen LogP contribution in [-0.4, -0.2) is 15.0 Å². The molecule has 0 spiro atoms. The Labute approximate surface area is 304 Å². The molecule has 0 atom stereocenters. The lowest BCUT2D eigenvalue weighted by molar-refractivity contribution is 0.669. The fraction of sp³-hybridized carbons (Fsp3) is 0. The minimum atomic E-state index is 0.591. The van der Waals surface area contributed by atoms with Crippen LogP contribution in [0.5, 0.6) is 0 Å². The summed E-state index contributed by atoms with van der Waals surface area (Å²) in [5.41, 5.74) is 6.74. The quantitative estimate of drug-likeness (QED) is 0.174. The number of rotatable bonds is 4. The summed E-state index contributed by atoms with van der Waals surface area (Å²) in [7, 11) is 0. The molecule has 9 aromatic carbocycles. The second-order valence-electron chi connectivity index (χ2n) is 13.6. The molecule has 0 saturated carbocycles. The zero-order valence-corrected chi connectivity index (χ0v) is 28.5. The number of fused-ring (bicyclic) bond motifs is 9. The minimum absolute atomic E-state index is 0.591. The second-order valence-corrected chi connectivity index (χ2v) is 13.6. The van der Waals surface area contributed by atoms with Crippen molar-refractivity contribution < 1.29 is 4.42 Å². The molecule has 11 aromatic rings. The number of furan rings is 1. The summed E-state index contributed by atoms with van der Waals surface area (Å²) < 4.78 is 6.29. The van der Waals surface area contributed by atoms with Gasteiger partial charge in [-0.2, -0.15) is 0 Å². The van der Waals surface area contributed by atoms with E-state index >= 15 is 0 Å². The zero-order chi connectivity index (χ0) is 34.9. The molecule has 0 saturated heterocycles. The topological polar surface area (TPSA) is 51.8 Å². The summed E-state index contributed by atoms with van der Waals surface area (Å²) >= 11 is 0. The standard InChI is InChI=1S/C49H29N3O/c1-3-12-36-30(9-1)11-7-15-37(36)32-20-23-34(24-21-32)47-50-48(35-26-28-41-40-14-5-6-18-44(40)53-45(41)29-35)52-49(51-47)43-17-8-16-42-39(43)27-25-33-22-19-31-10-2-4-13-38(31)46(33)42/h1-29H. The Balaban J connectivity index is 1.11. The Kier molecular flexibility index (Phi) is 6.52. The molecule has 4 heteroatoms. The maximum absolute atomic E-state index is 6.29. The van der Waals surface area contributed by atoms with Crippen LogP contribution in [-0.2, 0) is 0 Å². The third kappa shape index (κ3) is 4.80. The largest absolute Gasteiger partial charge is 0.456 e. The molecule has 0 aliphatic heterocycles. The van der Waals surface area contributed by atoms with Crippen LogP contribution in [0.2, 0.25) is 0 Å². The van der Waals surface area contributed by atoms with Crippen molar-refractivity contribution in [2.45, 2.75) is 0 Å². The molecule has 0 radical (unpaired) electrons. The van der Waals surface area contributed by atoms with Crippen molar-refractivity contribution in [2.24, 2.45) is 0 Å². The van der Waals surface area contributed by atoms with E-state index in [0.29, 0.717) is 17.5 Å². The average molecular weight is 676 g/mol. The molecule has 0 aliphatic rings. The van der Waals surface area contributed by atoms with Gasteiger partial charge < -0.3 is 4.42 Å². The Bertz CT molecular complexity index is 3230. The molecule has 0 unspecified atom stereocenters. The normalized spacial score (nSPS) is 11.8. The highest BCUT2D eigenvalue weighted by Crippen LogP contribution is 2.38. The number of nitrogens with zero attached hydrogens (tertiary/aromatic N) is 3. The summed E-state index contributed by atoms with van der Waals surface area (Å²) in [5.74, 6) is 1.83. The van der Waals surface area contributed by atoms with Crippen LogP contribution >= 0.6 is 0 Å².